The molecule has 4 rings (SSSR count). The van der Waals surface area contributed by atoms with E-state index in [-0.39, 0.29) is 18.2 Å². The molecule has 134 valence electrons. The summed E-state index contributed by atoms with van der Waals surface area (Å²) in [7, 11) is 0. The van der Waals surface area contributed by atoms with Crippen molar-refractivity contribution in [3.05, 3.63) is 95.9 Å². The summed E-state index contributed by atoms with van der Waals surface area (Å²) < 4.78 is 14.9. The highest BCUT2D eigenvalue weighted by atomic mass is 19.1. The first-order valence-corrected chi connectivity index (χ1v) is 8.62. The lowest BCUT2D eigenvalue weighted by atomic mass is 9.88. The Kier molecular flexibility index (Phi) is 4.42. The van der Waals surface area contributed by atoms with Gasteiger partial charge in [0.2, 0.25) is 0 Å². The molecule has 1 aromatic heterocycles. The first-order chi connectivity index (χ1) is 13.1. The van der Waals surface area contributed by atoms with Crippen LogP contribution in [0.2, 0.25) is 0 Å². The Morgan fingerprint density at radius 3 is 2.44 bits per heavy atom. The fraction of sp³-hybridized carbons (Fsp3) is 0.0909. The lowest BCUT2D eigenvalue weighted by Crippen LogP contribution is -2.08. The molecule has 0 bridgehead atoms. The molecule has 1 heterocycles. The summed E-state index contributed by atoms with van der Waals surface area (Å²) in [5.74, 6) is -1.37. The number of hydrogen-bond acceptors (Lipinski definition) is 2. The fourth-order valence-corrected chi connectivity index (χ4v) is 3.34. The molecule has 0 fully saturated rings. The van der Waals surface area contributed by atoms with Gasteiger partial charge < -0.3 is 5.11 Å². The molecule has 1 unspecified atom stereocenters. The zero-order chi connectivity index (χ0) is 18.8. The van der Waals surface area contributed by atoms with Gasteiger partial charge in [-0.1, -0.05) is 36.4 Å². The van der Waals surface area contributed by atoms with E-state index in [4.69, 9.17) is 0 Å². The zero-order valence-electron chi connectivity index (χ0n) is 14.4. The van der Waals surface area contributed by atoms with E-state index < -0.39 is 5.97 Å². The molecule has 0 saturated heterocycles. The molecule has 0 saturated carbocycles. The Morgan fingerprint density at radius 1 is 1.00 bits per heavy atom. The van der Waals surface area contributed by atoms with E-state index in [1.54, 1.807) is 23.0 Å². The highest BCUT2D eigenvalue weighted by molar-refractivity contribution is 5.81. The molecule has 0 aliphatic carbocycles. The van der Waals surface area contributed by atoms with Crippen LogP contribution in [0.3, 0.4) is 0 Å². The molecule has 0 aliphatic rings. The number of benzene rings is 3. The van der Waals surface area contributed by atoms with Gasteiger partial charge in [-0.15, -0.1) is 0 Å². The Hall–Kier alpha value is -3.47. The summed E-state index contributed by atoms with van der Waals surface area (Å²) in [4.78, 5) is 11.4. The van der Waals surface area contributed by atoms with Crippen molar-refractivity contribution >= 4 is 16.9 Å². The first-order valence-electron chi connectivity index (χ1n) is 8.62. The lowest BCUT2D eigenvalue weighted by Gasteiger charge is -2.16. The van der Waals surface area contributed by atoms with E-state index in [0.29, 0.717) is 0 Å². The van der Waals surface area contributed by atoms with Crippen LogP contribution in [-0.2, 0) is 4.79 Å². The van der Waals surface area contributed by atoms with Crippen LogP contribution in [0, 0.1) is 5.82 Å². The van der Waals surface area contributed by atoms with Crippen molar-refractivity contribution in [2.45, 2.75) is 12.3 Å². The zero-order valence-corrected chi connectivity index (χ0v) is 14.4. The van der Waals surface area contributed by atoms with Crippen molar-refractivity contribution < 1.29 is 14.3 Å². The number of halogens is 1. The molecule has 5 heteroatoms. The second-order valence-corrected chi connectivity index (χ2v) is 6.41. The average Bonchev–Trinajstić information content (AvgIpc) is 3.10. The van der Waals surface area contributed by atoms with Crippen LogP contribution in [0.1, 0.15) is 23.5 Å². The minimum Gasteiger partial charge on any atom is -0.481 e. The Bertz CT molecular complexity index is 1090. The predicted octanol–water partition coefficient (Wildman–Crippen LogP) is 4.77. The van der Waals surface area contributed by atoms with Crippen molar-refractivity contribution in [2.75, 3.05) is 0 Å². The number of carboxylic acid groups (broad SMARTS) is 1. The van der Waals surface area contributed by atoms with E-state index in [2.05, 4.69) is 5.10 Å². The van der Waals surface area contributed by atoms with Crippen LogP contribution in [-0.4, -0.2) is 20.9 Å². The fourth-order valence-electron chi connectivity index (χ4n) is 3.34. The molecular weight excluding hydrogens is 343 g/mol. The van der Waals surface area contributed by atoms with Gasteiger partial charge in [-0.3, -0.25) is 4.79 Å². The number of aromatic nitrogens is 2. The van der Waals surface area contributed by atoms with Gasteiger partial charge in [0.25, 0.3) is 0 Å². The molecule has 4 nitrogen and oxygen atoms in total. The van der Waals surface area contributed by atoms with Gasteiger partial charge in [-0.05, 0) is 47.5 Å². The molecule has 27 heavy (non-hydrogen) atoms. The Balaban J connectivity index is 1.76. The molecule has 0 aliphatic heterocycles. The molecule has 1 N–H and O–H groups in total. The Labute approximate surface area is 155 Å². The third kappa shape index (κ3) is 3.44. The molecule has 4 aromatic rings. The van der Waals surface area contributed by atoms with E-state index >= 15 is 0 Å². The van der Waals surface area contributed by atoms with Gasteiger partial charge in [0.1, 0.15) is 5.82 Å². The van der Waals surface area contributed by atoms with Crippen molar-refractivity contribution in [2.24, 2.45) is 0 Å². The van der Waals surface area contributed by atoms with Crippen LogP contribution < -0.4 is 0 Å². The third-order valence-corrected chi connectivity index (χ3v) is 4.65. The highest BCUT2D eigenvalue weighted by Crippen LogP contribution is 2.31. The number of nitrogens with zero attached hydrogens (tertiary/aromatic N) is 2. The largest absolute Gasteiger partial charge is 0.481 e. The van der Waals surface area contributed by atoms with Gasteiger partial charge in [0, 0.05) is 11.3 Å². The molecule has 1 atom stereocenters. The van der Waals surface area contributed by atoms with Crippen molar-refractivity contribution in [3.8, 4) is 5.69 Å². The quantitative estimate of drug-likeness (QED) is 0.558. The maximum Gasteiger partial charge on any atom is 0.304 e. The smallest absolute Gasteiger partial charge is 0.304 e. The number of hydrogen-bond donors (Lipinski definition) is 1. The monoisotopic (exact) mass is 360 g/mol. The summed E-state index contributed by atoms with van der Waals surface area (Å²) >= 11 is 0. The van der Waals surface area contributed by atoms with Gasteiger partial charge in [-0.25, -0.2) is 9.07 Å². The SMILES string of the molecule is O=C(O)CC(c1ccccc1)c1ccc2c(cnn2-c2ccc(F)cc2)c1. The Morgan fingerprint density at radius 2 is 1.74 bits per heavy atom. The normalized spacial score (nSPS) is 12.2. The number of fused-ring (bicyclic) bond motifs is 1. The molecule has 0 spiro atoms. The van der Waals surface area contributed by atoms with Crippen molar-refractivity contribution in [1.82, 2.24) is 9.78 Å². The summed E-state index contributed by atoms with van der Waals surface area (Å²) in [6, 6.07) is 21.6. The molecule has 0 radical (unpaired) electrons. The van der Waals surface area contributed by atoms with E-state index in [1.807, 2.05) is 48.5 Å². The second kappa shape index (κ2) is 7.03. The van der Waals surface area contributed by atoms with Gasteiger partial charge in [-0.2, -0.15) is 5.10 Å². The summed E-state index contributed by atoms with van der Waals surface area (Å²) in [5.41, 5.74) is 3.54. The highest BCUT2D eigenvalue weighted by Gasteiger charge is 2.19. The summed E-state index contributed by atoms with van der Waals surface area (Å²) in [5, 5.41) is 14.7. The van der Waals surface area contributed by atoms with Crippen molar-refractivity contribution in [3.63, 3.8) is 0 Å². The van der Waals surface area contributed by atoms with Crippen molar-refractivity contribution in [1.29, 1.82) is 0 Å². The molecule has 3 aromatic carbocycles. The predicted molar refractivity (Wildman–Crippen MR) is 102 cm³/mol. The third-order valence-electron chi connectivity index (χ3n) is 4.65. The number of carbonyl (C=O) groups is 1. The van der Waals surface area contributed by atoms with Gasteiger partial charge >= 0.3 is 5.97 Å². The van der Waals surface area contributed by atoms with E-state index in [1.165, 1.54) is 12.1 Å². The van der Waals surface area contributed by atoms with Gasteiger partial charge in [0.05, 0.1) is 23.8 Å². The van der Waals surface area contributed by atoms with Crippen LogP contribution in [0.25, 0.3) is 16.6 Å². The molecule has 0 amide bonds. The topological polar surface area (TPSA) is 55.1 Å². The van der Waals surface area contributed by atoms with Crippen LogP contribution in [0.4, 0.5) is 4.39 Å². The van der Waals surface area contributed by atoms with Crippen LogP contribution in [0.5, 0.6) is 0 Å². The number of carboxylic acids is 1. The minimum atomic E-state index is -0.842. The standard InChI is InChI=1S/C22H17FN2O2/c23-18-7-9-19(10-8-18)25-21-11-6-16(12-17(21)14-24-25)20(13-22(26)27)15-4-2-1-3-5-15/h1-12,14,20H,13H2,(H,26,27). The lowest BCUT2D eigenvalue weighted by molar-refractivity contribution is -0.137. The average molecular weight is 360 g/mol. The first kappa shape index (κ1) is 17.0. The number of aliphatic carboxylic acids is 1. The number of rotatable bonds is 5. The van der Waals surface area contributed by atoms with Gasteiger partial charge in [0.15, 0.2) is 0 Å². The van der Waals surface area contributed by atoms with E-state index in [0.717, 1.165) is 27.7 Å². The summed E-state index contributed by atoms with van der Waals surface area (Å²) in [6.07, 6.45) is 1.76. The maximum absolute atomic E-state index is 13.2. The van der Waals surface area contributed by atoms with Crippen LogP contribution in [0.15, 0.2) is 79.0 Å². The van der Waals surface area contributed by atoms with E-state index in [9.17, 15) is 14.3 Å². The minimum absolute atomic E-state index is 0.0155. The summed E-state index contributed by atoms with van der Waals surface area (Å²) in [6.45, 7) is 0. The second-order valence-electron chi connectivity index (χ2n) is 6.41. The molecular formula is C22H17FN2O2. The maximum atomic E-state index is 13.2. The van der Waals surface area contributed by atoms with Crippen LogP contribution >= 0.6 is 0 Å².